The monoisotopic (exact) mass is 295 g/mol. The molecule has 114 valence electrons. The first-order valence-electron chi connectivity index (χ1n) is 5.99. The number of pyridine rings is 1. The van der Waals surface area contributed by atoms with Gasteiger partial charge in [0.15, 0.2) is 0 Å². The van der Waals surface area contributed by atoms with Gasteiger partial charge in [-0.25, -0.2) is 14.6 Å². The number of methoxy groups -OCH3 is 1. The van der Waals surface area contributed by atoms with Gasteiger partial charge in [0.2, 0.25) is 0 Å². The third kappa shape index (κ3) is 4.16. The zero-order chi connectivity index (χ0) is 16.2. The number of anilines is 1. The largest absolute Gasteiger partial charge is 0.465 e. The molecule has 21 heavy (non-hydrogen) atoms. The van der Waals surface area contributed by atoms with E-state index in [2.05, 4.69) is 14.9 Å². The van der Waals surface area contributed by atoms with E-state index in [0.29, 0.717) is 0 Å². The van der Waals surface area contributed by atoms with Crippen molar-refractivity contribution in [1.29, 1.82) is 0 Å². The van der Waals surface area contributed by atoms with Crippen LogP contribution >= 0.6 is 0 Å². The molecule has 0 bridgehead atoms. The molecule has 0 aromatic carbocycles. The summed E-state index contributed by atoms with van der Waals surface area (Å²) in [5.41, 5.74) is 4.73. The average Bonchev–Trinajstić information content (AvgIpc) is 2.36. The summed E-state index contributed by atoms with van der Waals surface area (Å²) in [5.74, 6) is -1.61. The molecule has 1 aromatic heterocycles. The first-order chi connectivity index (χ1) is 9.69. The number of nitrogen functional groups attached to an aromatic ring is 1. The van der Waals surface area contributed by atoms with Gasteiger partial charge in [-0.1, -0.05) is 5.16 Å². The van der Waals surface area contributed by atoms with Gasteiger partial charge in [0.25, 0.3) is 0 Å². The first kappa shape index (κ1) is 16.4. The first-order valence-corrected chi connectivity index (χ1v) is 5.99. The Bertz CT molecular complexity index is 590. The van der Waals surface area contributed by atoms with Crippen molar-refractivity contribution in [1.82, 2.24) is 4.98 Å². The Morgan fingerprint density at radius 3 is 2.43 bits per heavy atom. The molecule has 0 aliphatic carbocycles. The Hall–Kier alpha value is -2.64. The van der Waals surface area contributed by atoms with Crippen LogP contribution in [0, 0.1) is 0 Å². The third-order valence-corrected chi connectivity index (χ3v) is 2.29. The Kier molecular flexibility index (Phi) is 4.85. The van der Waals surface area contributed by atoms with E-state index in [9.17, 15) is 9.59 Å². The second-order valence-corrected chi connectivity index (χ2v) is 5.09. The van der Waals surface area contributed by atoms with Crippen molar-refractivity contribution in [2.24, 2.45) is 5.16 Å². The smallest absolute Gasteiger partial charge is 0.341 e. The molecule has 0 atom stereocenters. The van der Waals surface area contributed by atoms with Crippen LogP contribution in [-0.4, -0.2) is 41.1 Å². The number of aromatic nitrogens is 1. The molecular weight excluding hydrogens is 278 g/mol. The summed E-state index contributed by atoms with van der Waals surface area (Å²) in [7, 11) is 1.18. The molecule has 8 heteroatoms. The quantitative estimate of drug-likeness (QED) is 0.371. The molecule has 0 saturated heterocycles. The molecule has 0 amide bonds. The van der Waals surface area contributed by atoms with Crippen molar-refractivity contribution < 1.29 is 24.3 Å². The van der Waals surface area contributed by atoms with Crippen LogP contribution in [0.25, 0.3) is 0 Å². The summed E-state index contributed by atoms with van der Waals surface area (Å²) in [6, 6.07) is 1.19. The molecule has 3 N–H and O–H groups in total. The summed E-state index contributed by atoms with van der Waals surface area (Å²) >= 11 is 0. The summed E-state index contributed by atoms with van der Waals surface area (Å²) in [6.07, 6.45) is 0.927. The van der Waals surface area contributed by atoms with Crippen molar-refractivity contribution in [3.8, 4) is 0 Å². The molecule has 0 aliphatic rings. The topological polar surface area (TPSA) is 124 Å². The molecule has 1 rings (SSSR count). The summed E-state index contributed by atoms with van der Waals surface area (Å²) in [4.78, 5) is 27.6. The lowest BCUT2D eigenvalue weighted by Gasteiger charge is -2.20. The number of carbonyl (C=O) groups is 2. The molecule has 8 nitrogen and oxygen atoms in total. The number of hydrogen-bond acceptors (Lipinski definition) is 8. The van der Waals surface area contributed by atoms with Crippen LogP contribution in [0.5, 0.6) is 0 Å². The maximum absolute atomic E-state index is 12.1. The zero-order valence-corrected chi connectivity index (χ0v) is 12.2. The fourth-order valence-electron chi connectivity index (χ4n) is 1.47. The van der Waals surface area contributed by atoms with E-state index in [1.165, 1.54) is 13.2 Å². The summed E-state index contributed by atoms with van der Waals surface area (Å²) < 4.78 is 9.76. The highest BCUT2D eigenvalue weighted by Gasteiger charge is 2.24. The zero-order valence-electron chi connectivity index (χ0n) is 12.2. The van der Waals surface area contributed by atoms with Crippen LogP contribution in [-0.2, 0) is 9.47 Å². The second-order valence-electron chi connectivity index (χ2n) is 5.09. The predicted molar refractivity (Wildman–Crippen MR) is 74.5 cm³/mol. The van der Waals surface area contributed by atoms with Crippen LogP contribution in [0.15, 0.2) is 11.2 Å². The van der Waals surface area contributed by atoms with E-state index in [0.717, 1.165) is 6.21 Å². The van der Waals surface area contributed by atoms with E-state index in [4.69, 9.17) is 15.7 Å². The number of nitrogens with two attached hydrogens (primary N) is 1. The number of nitrogens with zero attached hydrogens (tertiary/aromatic N) is 2. The maximum atomic E-state index is 12.1. The van der Waals surface area contributed by atoms with Gasteiger partial charge >= 0.3 is 11.9 Å². The lowest BCUT2D eigenvalue weighted by atomic mass is 10.1. The number of hydrogen-bond donors (Lipinski definition) is 2. The Morgan fingerprint density at radius 1 is 1.33 bits per heavy atom. The van der Waals surface area contributed by atoms with Gasteiger partial charge in [-0.2, -0.15) is 0 Å². The van der Waals surface area contributed by atoms with Gasteiger partial charge in [-0.3, -0.25) is 0 Å². The molecular formula is C13H17N3O5. The van der Waals surface area contributed by atoms with Crippen molar-refractivity contribution in [2.75, 3.05) is 12.8 Å². The van der Waals surface area contributed by atoms with E-state index < -0.39 is 17.5 Å². The van der Waals surface area contributed by atoms with Gasteiger partial charge in [0, 0.05) is 0 Å². The lowest BCUT2D eigenvalue weighted by molar-refractivity contribution is 0.00690. The molecule has 1 heterocycles. The van der Waals surface area contributed by atoms with Gasteiger partial charge in [-0.15, -0.1) is 0 Å². The predicted octanol–water partition coefficient (Wildman–Crippen LogP) is 1.21. The minimum Gasteiger partial charge on any atom is -0.465 e. The Morgan fingerprint density at radius 2 is 1.95 bits per heavy atom. The highest BCUT2D eigenvalue weighted by molar-refractivity contribution is 6.03. The summed E-state index contributed by atoms with van der Waals surface area (Å²) in [5, 5.41) is 11.4. The van der Waals surface area contributed by atoms with Crippen molar-refractivity contribution in [2.45, 2.75) is 26.4 Å². The van der Waals surface area contributed by atoms with Crippen LogP contribution in [0.2, 0.25) is 0 Å². The molecule has 0 saturated carbocycles. The molecule has 0 radical (unpaired) electrons. The van der Waals surface area contributed by atoms with Crippen molar-refractivity contribution >= 4 is 24.0 Å². The van der Waals surface area contributed by atoms with Crippen LogP contribution in [0.1, 0.15) is 47.2 Å². The Labute approximate surface area is 121 Å². The van der Waals surface area contributed by atoms with Gasteiger partial charge < -0.3 is 20.4 Å². The average molecular weight is 295 g/mol. The van der Waals surface area contributed by atoms with Crippen LogP contribution in [0.3, 0.4) is 0 Å². The SMILES string of the molecule is COC(=O)c1cc(C(=O)OC(C)(C)C)c(C=NO)nc1N. The van der Waals surface area contributed by atoms with Gasteiger partial charge in [-0.05, 0) is 26.8 Å². The van der Waals surface area contributed by atoms with E-state index in [1.807, 2.05) is 0 Å². The van der Waals surface area contributed by atoms with E-state index in [1.54, 1.807) is 20.8 Å². The molecule has 0 unspecified atom stereocenters. The van der Waals surface area contributed by atoms with Crippen LogP contribution in [0.4, 0.5) is 5.82 Å². The van der Waals surface area contributed by atoms with Gasteiger partial charge in [0.05, 0.1) is 18.9 Å². The minimum atomic E-state index is -0.739. The van der Waals surface area contributed by atoms with Crippen molar-refractivity contribution in [3.63, 3.8) is 0 Å². The third-order valence-electron chi connectivity index (χ3n) is 2.29. The fourth-order valence-corrected chi connectivity index (χ4v) is 1.47. The number of oxime groups is 1. The highest BCUT2D eigenvalue weighted by Crippen LogP contribution is 2.19. The summed E-state index contributed by atoms with van der Waals surface area (Å²) in [6.45, 7) is 5.07. The maximum Gasteiger partial charge on any atom is 0.341 e. The van der Waals surface area contributed by atoms with E-state index >= 15 is 0 Å². The number of esters is 2. The second kappa shape index (κ2) is 6.21. The molecule has 0 fully saturated rings. The Balaban J connectivity index is 3.39. The molecule has 1 aromatic rings. The molecule has 0 aliphatic heterocycles. The minimum absolute atomic E-state index is 0.0168. The fraction of sp³-hybridized carbons (Fsp3) is 0.385. The number of carbonyl (C=O) groups excluding carboxylic acids is 2. The van der Waals surface area contributed by atoms with Crippen LogP contribution < -0.4 is 5.73 Å². The van der Waals surface area contributed by atoms with E-state index in [-0.39, 0.29) is 22.6 Å². The molecule has 0 spiro atoms. The van der Waals surface area contributed by atoms with Gasteiger partial charge in [0.1, 0.15) is 22.7 Å². The highest BCUT2D eigenvalue weighted by atomic mass is 16.6. The van der Waals surface area contributed by atoms with Crippen molar-refractivity contribution in [3.05, 3.63) is 22.9 Å². The number of rotatable bonds is 3. The lowest BCUT2D eigenvalue weighted by Crippen LogP contribution is -2.25. The standard InChI is InChI=1S/C13H17N3O5/c1-13(2,3)21-12(18)7-5-8(11(17)20-4)10(14)16-9(7)6-15-19/h5-6,19H,1-4H3,(H2,14,16). The normalized spacial score (nSPS) is 11.4. The number of ether oxygens (including phenoxy) is 2.